The van der Waals surface area contributed by atoms with Crippen LogP contribution in [0, 0.1) is 17.8 Å². The molecule has 1 aromatic rings. The molecule has 1 saturated heterocycles. The average Bonchev–Trinajstić information content (AvgIpc) is 2.90. The molecule has 18 nitrogen and oxygen atoms in total. The highest BCUT2D eigenvalue weighted by Crippen LogP contribution is 2.66. The lowest BCUT2D eigenvalue weighted by atomic mass is 9.84. The Morgan fingerprint density at radius 1 is 1.26 bits per heavy atom. The summed E-state index contributed by atoms with van der Waals surface area (Å²) < 4.78 is 52.5. The molecule has 21 heteroatoms. The minimum Gasteiger partial charge on any atom is -0.396 e. The van der Waals surface area contributed by atoms with E-state index in [9.17, 15) is 38.5 Å². The zero-order valence-corrected chi connectivity index (χ0v) is 20.0. The standard InChI is InChI=1S/C13H21N4O14P3/c1-3-4-13(20)8(6-18)10(28-11(13)17-12(19)16-9(14)5-15-17)7(2)29-33(24,25)31-34(26,27)30-32(21,22)23/h5,7-8,10-11,18,20H,6H2,1-2H3,(H,24,25)(H,26,27)(H2,14,16,19)(H2,21,22,23)/t7-,8?,10-,11-,13?/m1/s1. The zero-order valence-electron chi connectivity index (χ0n) is 17.3. The Kier molecular flexibility index (Phi) is 8.62. The maximum Gasteiger partial charge on any atom is 0.490 e. The lowest BCUT2D eigenvalue weighted by Crippen LogP contribution is -2.47. The number of phosphoric acid groups is 3. The molecule has 0 radical (unpaired) electrons. The van der Waals surface area contributed by atoms with Crippen molar-refractivity contribution in [2.24, 2.45) is 5.92 Å². The number of hydrogen-bond acceptors (Lipinski definition) is 13. The smallest absolute Gasteiger partial charge is 0.396 e. The van der Waals surface area contributed by atoms with E-state index in [1.807, 2.05) is 0 Å². The maximum atomic E-state index is 12.2. The molecule has 1 aromatic heterocycles. The number of phosphoric ester groups is 1. The Balaban J connectivity index is 2.37. The van der Waals surface area contributed by atoms with Gasteiger partial charge >= 0.3 is 29.2 Å². The number of aromatic nitrogens is 3. The van der Waals surface area contributed by atoms with Gasteiger partial charge in [0.2, 0.25) is 0 Å². The van der Waals surface area contributed by atoms with Gasteiger partial charge in [-0.2, -0.15) is 23.4 Å². The third-order valence-electron chi connectivity index (χ3n) is 4.28. The van der Waals surface area contributed by atoms with E-state index < -0.39 is 65.7 Å². The summed E-state index contributed by atoms with van der Waals surface area (Å²) in [5, 5.41) is 24.7. The Bertz CT molecular complexity index is 1180. The fourth-order valence-corrected chi connectivity index (χ4v) is 6.35. The van der Waals surface area contributed by atoms with Crippen LogP contribution in [0.2, 0.25) is 0 Å². The van der Waals surface area contributed by atoms with Crippen molar-refractivity contribution in [3.63, 3.8) is 0 Å². The molecule has 0 aromatic carbocycles. The molecule has 0 aliphatic carbocycles. The Morgan fingerprint density at radius 3 is 2.38 bits per heavy atom. The van der Waals surface area contributed by atoms with E-state index in [0.717, 1.165) is 13.1 Å². The van der Waals surface area contributed by atoms with Crippen molar-refractivity contribution in [3.05, 3.63) is 16.7 Å². The monoisotopic (exact) mass is 550 g/mol. The number of aliphatic hydroxyl groups is 2. The van der Waals surface area contributed by atoms with Crippen LogP contribution in [0.4, 0.5) is 5.82 Å². The van der Waals surface area contributed by atoms with Crippen LogP contribution in [-0.2, 0) is 31.6 Å². The number of ether oxygens (including phenoxy) is 1. The first-order valence-electron chi connectivity index (χ1n) is 8.91. The van der Waals surface area contributed by atoms with E-state index in [1.165, 1.54) is 6.92 Å². The SMILES string of the molecule is CC#CC1(O)C(CO)[C@@H]([C@@H](C)OP(=O)(O)OP(=O)(O)OP(=O)(O)O)O[C@H]1n1ncc(N)nc1=O. The van der Waals surface area contributed by atoms with Crippen molar-refractivity contribution in [1.29, 1.82) is 0 Å². The largest absolute Gasteiger partial charge is 0.490 e. The molecule has 34 heavy (non-hydrogen) atoms. The molecule has 0 spiro atoms. The van der Waals surface area contributed by atoms with Gasteiger partial charge in [0.15, 0.2) is 11.8 Å². The molecule has 8 N–H and O–H groups in total. The van der Waals surface area contributed by atoms with Gasteiger partial charge in [-0.3, -0.25) is 4.52 Å². The second-order valence-electron chi connectivity index (χ2n) is 6.75. The van der Waals surface area contributed by atoms with Gasteiger partial charge in [0.05, 0.1) is 30.9 Å². The van der Waals surface area contributed by atoms with Gasteiger partial charge in [0.25, 0.3) is 0 Å². The van der Waals surface area contributed by atoms with Gasteiger partial charge in [-0.25, -0.2) is 18.5 Å². The molecule has 192 valence electrons. The molecule has 2 heterocycles. The summed E-state index contributed by atoms with van der Waals surface area (Å²) in [6.07, 6.45) is -3.94. The van der Waals surface area contributed by atoms with Crippen molar-refractivity contribution >= 4 is 29.3 Å². The van der Waals surface area contributed by atoms with Gasteiger partial charge in [0.1, 0.15) is 5.82 Å². The van der Waals surface area contributed by atoms with Gasteiger partial charge in [0, 0.05) is 0 Å². The predicted octanol–water partition coefficient (Wildman–Crippen LogP) is -1.79. The van der Waals surface area contributed by atoms with Crippen LogP contribution in [0.1, 0.15) is 20.1 Å². The average molecular weight is 550 g/mol. The van der Waals surface area contributed by atoms with Crippen LogP contribution >= 0.6 is 23.5 Å². The second kappa shape index (κ2) is 10.2. The first kappa shape index (κ1) is 28.7. The van der Waals surface area contributed by atoms with Crippen LogP contribution in [0.15, 0.2) is 11.0 Å². The Morgan fingerprint density at radius 2 is 1.88 bits per heavy atom. The normalized spacial score (nSPS) is 29.5. The van der Waals surface area contributed by atoms with Crippen LogP contribution < -0.4 is 11.4 Å². The lowest BCUT2D eigenvalue weighted by Gasteiger charge is -2.29. The molecular formula is C13H21N4O14P3. The summed E-state index contributed by atoms with van der Waals surface area (Å²) in [7, 11) is -17.0. The van der Waals surface area contributed by atoms with Crippen molar-refractivity contribution in [2.45, 2.75) is 37.9 Å². The number of nitrogen functional groups attached to an aromatic ring is 1. The molecule has 0 saturated carbocycles. The van der Waals surface area contributed by atoms with Crippen molar-refractivity contribution in [2.75, 3.05) is 12.3 Å². The Hall–Kier alpha value is -1.54. The van der Waals surface area contributed by atoms with Crippen molar-refractivity contribution < 1.29 is 61.4 Å². The van der Waals surface area contributed by atoms with Crippen molar-refractivity contribution in [1.82, 2.24) is 14.8 Å². The van der Waals surface area contributed by atoms with Crippen molar-refractivity contribution in [3.8, 4) is 11.8 Å². The third kappa shape index (κ3) is 6.78. The van der Waals surface area contributed by atoms with Crippen LogP contribution in [0.3, 0.4) is 0 Å². The molecule has 1 aliphatic rings. The fraction of sp³-hybridized carbons (Fsp3) is 0.615. The summed E-state index contributed by atoms with van der Waals surface area (Å²) >= 11 is 0. The highest BCUT2D eigenvalue weighted by Gasteiger charge is 2.59. The maximum absolute atomic E-state index is 12.2. The minimum atomic E-state index is -5.79. The first-order chi connectivity index (χ1) is 15.4. The fourth-order valence-electron chi connectivity index (χ4n) is 3.15. The highest BCUT2D eigenvalue weighted by molar-refractivity contribution is 7.66. The van der Waals surface area contributed by atoms with Gasteiger partial charge in [-0.15, -0.1) is 5.92 Å². The predicted molar refractivity (Wildman–Crippen MR) is 108 cm³/mol. The summed E-state index contributed by atoms with van der Waals surface area (Å²) in [4.78, 5) is 51.9. The first-order valence-corrected chi connectivity index (χ1v) is 13.4. The molecule has 7 atom stereocenters. The molecule has 1 aliphatic heterocycles. The van der Waals surface area contributed by atoms with Gasteiger partial charge in [-0.1, -0.05) is 5.92 Å². The summed E-state index contributed by atoms with van der Waals surface area (Å²) in [6, 6.07) is 0. The van der Waals surface area contributed by atoms with Crippen LogP contribution in [0.5, 0.6) is 0 Å². The van der Waals surface area contributed by atoms with Crippen LogP contribution in [0.25, 0.3) is 0 Å². The third-order valence-corrected chi connectivity index (χ3v) is 8.21. The summed E-state index contributed by atoms with van der Waals surface area (Å²) in [5.74, 6) is 3.11. The van der Waals surface area contributed by atoms with E-state index in [0.29, 0.717) is 4.68 Å². The van der Waals surface area contributed by atoms with E-state index >= 15 is 0 Å². The van der Waals surface area contributed by atoms with Crippen LogP contribution in [-0.4, -0.2) is 69.0 Å². The number of hydrogen-bond donors (Lipinski definition) is 7. The topological polar surface area (TPSA) is 283 Å². The number of aliphatic hydroxyl groups excluding tert-OH is 1. The van der Waals surface area contributed by atoms with E-state index in [-0.39, 0.29) is 5.82 Å². The van der Waals surface area contributed by atoms with E-state index in [2.05, 4.69) is 30.5 Å². The molecular weight excluding hydrogens is 529 g/mol. The number of rotatable bonds is 9. The Labute approximate surface area is 190 Å². The summed E-state index contributed by atoms with van der Waals surface area (Å²) in [5.41, 5.74) is 1.99. The molecule has 0 amide bonds. The highest BCUT2D eigenvalue weighted by atomic mass is 31.3. The number of nitrogens with two attached hydrogens (primary N) is 1. The molecule has 2 rings (SSSR count). The lowest BCUT2D eigenvalue weighted by molar-refractivity contribution is -0.0932. The molecule has 4 unspecified atom stereocenters. The van der Waals surface area contributed by atoms with Gasteiger partial charge < -0.3 is 40.3 Å². The molecule has 1 fully saturated rings. The number of anilines is 1. The minimum absolute atomic E-state index is 0.249. The van der Waals surface area contributed by atoms with E-state index in [1.54, 1.807) is 0 Å². The zero-order chi connectivity index (χ0) is 26.1. The van der Waals surface area contributed by atoms with Gasteiger partial charge in [-0.05, 0) is 13.8 Å². The quantitative estimate of drug-likeness (QED) is 0.132. The summed E-state index contributed by atoms with van der Waals surface area (Å²) in [6.45, 7) is 1.52. The van der Waals surface area contributed by atoms with E-state index in [4.69, 9.17) is 24.8 Å². The molecule has 0 bridgehead atoms. The number of nitrogens with zero attached hydrogens (tertiary/aromatic N) is 3. The second-order valence-corrected chi connectivity index (χ2v) is 11.1.